The molecule has 0 aromatic heterocycles. The summed E-state index contributed by atoms with van der Waals surface area (Å²) in [5.41, 5.74) is 3.38. The lowest BCUT2D eigenvalue weighted by molar-refractivity contribution is -0.142. The molecular formula is C29H45N3O2. The van der Waals surface area contributed by atoms with E-state index in [0.717, 1.165) is 45.2 Å². The Morgan fingerprint density at radius 1 is 1.03 bits per heavy atom. The molecule has 1 aromatic carbocycles. The van der Waals surface area contributed by atoms with Crippen LogP contribution in [0.25, 0.3) is 0 Å². The van der Waals surface area contributed by atoms with Crippen molar-refractivity contribution < 1.29 is 9.59 Å². The number of hydrogen-bond donors (Lipinski definition) is 1. The molecule has 3 aliphatic rings. The summed E-state index contributed by atoms with van der Waals surface area (Å²) < 4.78 is 0. The van der Waals surface area contributed by atoms with Gasteiger partial charge in [0.05, 0.1) is 6.04 Å². The summed E-state index contributed by atoms with van der Waals surface area (Å²) in [7, 11) is 0. The third-order valence-corrected chi connectivity index (χ3v) is 8.56. The normalized spacial score (nSPS) is 25.1. The fraction of sp³-hybridized carbons (Fsp3) is 0.724. The third-order valence-electron chi connectivity index (χ3n) is 8.56. The predicted octanol–water partition coefficient (Wildman–Crippen LogP) is 5.20. The highest BCUT2D eigenvalue weighted by Gasteiger charge is 2.43. The Morgan fingerprint density at radius 2 is 1.76 bits per heavy atom. The standard InChI is InChI=1S/C29H45N3O2/c1-5-26(33)32-18-9-8-12-25(32)27(34)30-24-13-14-29(23-11-7-6-10-22(23)24)16-20-31(21-17-29)19-15-28(2,3)4/h6-7,10-11,24-25H,5,8-9,12-21H2,1-4H3,(H,30,34)/t24-,25?/m0/s1. The van der Waals surface area contributed by atoms with Gasteiger partial charge in [-0.05, 0) is 93.0 Å². The van der Waals surface area contributed by atoms with Gasteiger partial charge in [-0.25, -0.2) is 0 Å². The van der Waals surface area contributed by atoms with Gasteiger partial charge in [0.2, 0.25) is 11.8 Å². The van der Waals surface area contributed by atoms with Gasteiger partial charge in [-0.15, -0.1) is 0 Å². The third kappa shape index (κ3) is 5.50. The SMILES string of the molecule is CCC(=O)N1CCCCC1C(=O)N[C@H]1CCC2(CCN(CCC(C)(C)C)CC2)c2ccccc21. The maximum atomic E-state index is 13.4. The lowest BCUT2D eigenvalue weighted by Gasteiger charge is -2.48. The second-order valence-electron chi connectivity index (χ2n) is 12.1. The van der Waals surface area contributed by atoms with E-state index in [0.29, 0.717) is 18.4 Å². The minimum absolute atomic E-state index is 0.0363. The highest BCUT2D eigenvalue weighted by molar-refractivity contribution is 5.88. The van der Waals surface area contributed by atoms with Gasteiger partial charge in [0, 0.05) is 13.0 Å². The van der Waals surface area contributed by atoms with Crippen LogP contribution in [0.2, 0.25) is 0 Å². The molecule has 34 heavy (non-hydrogen) atoms. The molecule has 2 amide bonds. The van der Waals surface area contributed by atoms with Crippen molar-refractivity contribution in [1.29, 1.82) is 0 Å². The van der Waals surface area contributed by atoms with E-state index in [1.54, 1.807) is 0 Å². The van der Waals surface area contributed by atoms with Gasteiger partial charge in [0.15, 0.2) is 0 Å². The number of hydrogen-bond acceptors (Lipinski definition) is 3. The number of carbonyl (C=O) groups is 2. The second kappa shape index (κ2) is 10.4. The Balaban J connectivity index is 1.45. The van der Waals surface area contributed by atoms with Crippen LogP contribution in [0, 0.1) is 5.41 Å². The summed E-state index contributed by atoms with van der Waals surface area (Å²) >= 11 is 0. The molecule has 1 unspecified atom stereocenters. The Bertz CT molecular complexity index is 866. The molecule has 5 heteroatoms. The summed E-state index contributed by atoms with van der Waals surface area (Å²) in [6.07, 6.45) is 9.02. The smallest absolute Gasteiger partial charge is 0.243 e. The van der Waals surface area contributed by atoms with E-state index in [1.165, 1.54) is 36.9 Å². The summed E-state index contributed by atoms with van der Waals surface area (Å²) in [6, 6.07) is 8.56. The molecule has 2 heterocycles. The summed E-state index contributed by atoms with van der Waals surface area (Å²) in [5.74, 6) is 0.135. The quantitative estimate of drug-likeness (QED) is 0.648. The van der Waals surface area contributed by atoms with Crippen LogP contribution in [-0.2, 0) is 15.0 Å². The van der Waals surface area contributed by atoms with Gasteiger partial charge in [-0.1, -0.05) is 52.0 Å². The number of nitrogens with zero attached hydrogens (tertiary/aromatic N) is 2. The summed E-state index contributed by atoms with van der Waals surface area (Å²) in [6.45, 7) is 13.1. The number of carbonyl (C=O) groups excluding carboxylic acids is 2. The Morgan fingerprint density at radius 3 is 2.47 bits per heavy atom. The molecule has 5 nitrogen and oxygen atoms in total. The van der Waals surface area contributed by atoms with Crippen LogP contribution in [0.4, 0.5) is 0 Å². The van der Waals surface area contributed by atoms with Crippen molar-refractivity contribution in [2.24, 2.45) is 5.41 Å². The molecule has 2 fully saturated rings. The van der Waals surface area contributed by atoms with Crippen molar-refractivity contribution in [2.45, 2.75) is 103 Å². The molecule has 0 saturated carbocycles. The maximum Gasteiger partial charge on any atom is 0.243 e. The number of benzene rings is 1. The van der Waals surface area contributed by atoms with E-state index in [-0.39, 0.29) is 29.3 Å². The molecule has 1 aromatic rings. The number of likely N-dealkylation sites (tertiary alicyclic amines) is 2. The summed E-state index contributed by atoms with van der Waals surface area (Å²) in [5, 5.41) is 3.38. The molecular weight excluding hydrogens is 422 g/mol. The average Bonchev–Trinajstić information content (AvgIpc) is 2.84. The molecule has 4 rings (SSSR count). The Kier molecular flexibility index (Phi) is 7.71. The van der Waals surface area contributed by atoms with Crippen molar-refractivity contribution in [3.05, 3.63) is 35.4 Å². The van der Waals surface area contributed by atoms with Crippen LogP contribution in [0.3, 0.4) is 0 Å². The molecule has 188 valence electrons. The minimum Gasteiger partial charge on any atom is -0.347 e. The van der Waals surface area contributed by atoms with Gasteiger partial charge in [0.25, 0.3) is 0 Å². The van der Waals surface area contributed by atoms with Gasteiger partial charge >= 0.3 is 0 Å². The zero-order chi connectivity index (χ0) is 24.3. The van der Waals surface area contributed by atoms with E-state index in [4.69, 9.17) is 0 Å². The number of fused-ring (bicyclic) bond motifs is 2. The monoisotopic (exact) mass is 467 g/mol. The molecule has 0 bridgehead atoms. The number of piperidine rings is 2. The highest BCUT2D eigenvalue weighted by atomic mass is 16.2. The van der Waals surface area contributed by atoms with Crippen LogP contribution in [0.1, 0.15) is 103 Å². The molecule has 1 N–H and O–H groups in total. The number of rotatable bonds is 5. The average molecular weight is 468 g/mol. The first-order valence-corrected chi connectivity index (χ1v) is 13.6. The molecule has 1 spiro atoms. The number of nitrogens with one attached hydrogen (secondary N) is 1. The first kappa shape index (κ1) is 25.2. The topological polar surface area (TPSA) is 52.7 Å². The van der Waals surface area contributed by atoms with Crippen molar-refractivity contribution in [1.82, 2.24) is 15.1 Å². The first-order chi connectivity index (χ1) is 16.2. The number of amides is 2. The first-order valence-electron chi connectivity index (χ1n) is 13.6. The zero-order valence-electron chi connectivity index (χ0n) is 21.9. The molecule has 2 atom stereocenters. The largest absolute Gasteiger partial charge is 0.347 e. The van der Waals surface area contributed by atoms with Crippen LogP contribution in [0.5, 0.6) is 0 Å². The van der Waals surface area contributed by atoms with Crippen molar-refractivity contribution in [2.75, 3.05) is 26.2 Å². The van der Waals surface area contributed by atoms with Crippen molar-refractivity contribution >= 4 is 11.8 Å². The van der Waals surface area contributed by atoms with Gasteiger partial charge in [0.1, 0.15) is 6.04 Å². The maximum absolute atomic E-state index is 13.4. The van der Waals surface area contributed by atoms with Crippen LogP contribution >= 0.6 is 0 Å². The van der Waals surface area contributed by atoms with Crippen LogP contribution in [0.15, 0.2) is 24.3 Å². The van der Waals surface area contributed by atoms with E-state index in [9.17, 15) is 9.59 Å². The van der Waals surface area contributed by atoms with E-state index < -0.39 is 0 Å². The molecule has 2 saturated heterocycles. The molecule has 1 aliphatic carbocycles. The fourth-order valence-corrected chi connectivity index (χ4v) is 6.34. The van der Waals surface area contributed by atoms with Crippen molar-refractivity contribution in [3.8, 4) is 0 Å². The minimum atomic E-state index is -0.310. The van der Waals surface area contributed by atoms with E-state index >= 15 is 0 Å². The molecule has 2 aliphatic heterocycles. The van der Waals surface area contributed by atoms with Gasteiger partial charge in [-0.3, -0.25) is 9.59 Å². The summed E-state index contributed by atoms with van der Waals surface area (Å²) in [4.78, 5) is 30.3. The van der Waals surface area contributed by atoms with E-state index in [1.807, 2.05) is 11.8 Å². The van der Waals surface area contributed by atoms with Crippen molar-refractivity contribution in [3.63, 3.8) is 0 Å². The Hall–Kier alpha value is -1.88. The van der Waals surface area contributed by atoms with Crippen LogP contribution in [-0.4, -0.2) is 53.8 Å². The van der Waals surface area contributed by atoms with Gasteiger partial charge in [-0.2, -0.15) is 0 Å². The van der Waals surface area contributed by atoms with Gasteiger partial charge < -0.3 is 15.1 Å². The van der Waals surface area contributed by atoms with E-state index in [2.05, 4.69) is 55.3 Å². The second-order valence-corrected chi connectivity index (χ2v) is 12.1. The lowest BCUT2D eigenvalue weighted by Crippen LogP contribution is -2.53. The Labute approximate surface area is 206 Å². The highest BCUT2D eigenvalue weighted by Crippen LogP contribution is 2.48. The predicted molar refractivity (Wildman–Crippen MR) is 138 cm³/mol. The lowest BCUT2D eigenvalue weighted by atomic mass is 9.63. The fourth-order valence-electron chi connectivity index (χ4n) is 6.34. The van der Waals surface area contributed by atoms with Crippen LogP contribution < -0.4 is 5.32 Å². The molecule has 0 radical (unpaired) electrons. The zero-order valence-corrected chi connectivity index (χ0v) is 21.9.